The maximum atomic E-state index is 2.49. The van der Waals surface area contributed by atoms with Crippen LogP contribution in [0, 0.1) is 22.2 Å². The largest absolute Gasteiger partial charge is 0.0771 e. The van der Waals surface area contributed by atoms with Gasteiger partial charge in [-0.2, -0.15) is 0 Å². The van der Waals surface area contributed by atoms with Gasteiger partial charge in [0.05, 0.1) is 0 Å². The molecule has 0 N–H and O–H groups in total. The molecule has 90 valence electrons. The highest BCUT2D eigenvalue weighted by Crippen LogP contribution is 2.57. The molecule has 0 unspecified atom stereocenters. The van der Waals surface area contributed by atoms with Crippen molar-refractivity contribution in [3.05, 3.63) is 24.3 Å². The quantitative estimate of drug-likeness (QED) is 0.583. The topological polar surface area (TPSA) is 0 Å². The van der Waals surface area contributed by atoms with Gasteiger partial charge in [0.2, 0.25) is 0 Å². The summed E-state index contributed by atoms with van der Waals surface area (Å²) >= 11 is 0. The van der Waals surface area contributed by atoms with Crippen molar-refractivity contribution < 1.29 is 0 Å². The minimum atomic E-state index is 0.453. The van der Waals surface area contributed by atoms with E-state index in [1.54, 1.807) is 0 Å². The predicted molar refractivity (Wildman–Crippen MR) is 71.3 cm³/mol. The van der Waals surface area contributed by atoms with Crippen molar-refractivity contribution in [3.63, 3.8) is 0 Å². The van der Waals surface area contributed by atoms with E-state index in [0.29, 0.717) is 22.2 Å². The molecule has 0 nitrogen and oxygen atoms in total. The lowest BCUT2D eigenvalue weighted by Gasteiger charge is -2.52. The molecule has 2 aliphatic carbocycles. The second kappa shape index (κ2) is 3.48. The maximum Gasteiger partial charge on any atom is 0.000704 e. The van der Waals surface area contributed by atoms with E-state index in [0.717, 1.165) is 0 Å². The Kier molecular flexibility index (Phi) is 2.60. The molecule has 2 aliphatic rings. The van der Waals surface area contributed by atoms with Crippen molar-refractivity contribution >= 4 is 0 Å². The summed E-state index contributed by atoms with van der Waals surface area (Å²) in [5.41, 5.74) is 1.43. The summed E-state index contributed by atoms with van der Waals surface area (Å²) in [5, 5.41) is 0. The minimum Gasteiger partial charge on any atom is -0.0771 e. The summed E-state index contributed by atoms with van der Waals surface area (Å²) in [6, 6.07) is 0. The molecule has 0 bridgehead atoms. The molecule has 0 heteroatoms. The van der Waals surface area contributed by atoms with Crippen LogP contribution in [0.25, 0.3) is 0 Å². The van der Waals surface area contributed by atoms with Crippen LogP contribution in [0.5, 0.6) is 0 Å². The Bertz CT molecular complexity index is 300. The number of hydrogen-bond acceptors (Lipinski definition) is 0. The highest BCUT2D eigenvalue weighted by molar-refractivity contribution is 5.22. The van der Waals surface area contributed by atoms with E-state index in [4.69, 9.17) is 0 Å². The van der Waals surface area contributed by atoms with Gasteiger partial charge in [0, 0.05) is 5.92 Å². The first kappa shape index (κ1) is 12.0. The SMILES string of the molecule is CC1(C)CC(C)(C)CC(C)(C2C=CC=C2)C1. The molecule has 0 amide bonds. The molecule has 0 aromatic rings. The molecular weight excluding hydrogens is 192 g/mol. The van der Waals surface area contributed by atoms with Crippen molar-refractivity contribution in [2.45, 2.75) is 53.9 Å². The van der Waals surface area contributed by atoms with E-state index < -0.39 is 0 Å². The molecule has 0 radical (unpaired) electrons. The number of rotatable bonds is 1. The Balaban J connectivity index is 2.27. The van der Waals surface area contributed by atoms with Crippen LogP contribution in [0.4, 0.5) is 0 Å². The Labute approximate surface area is 101 Å². The molecule has 0 aromatic carbocycles. The van der Waals surface area contributed by atoms with Crippen LogP contribution in [-0.4, -0.2) is 0 Å². The van der Waals surface area contributed by atoms with Crippen LogP contribution in [0.2, 0.25) is 0 Å². The fourth-order valence-corrected chi connectivity index (χ4v) is 4.80. The van der Waals surface area contributed by atoms with Crippen molar-refractivity contribution in [1.29, 1.82) is 0 Å². The summed E-state index contributed by atoms with van der Waals surface area (Å²) in [4.78, 5) is 0. The molecule has 16 heavy (non-hydrogen) atoms. The Morgan fingerprint density at radius 1 is 0.750 bits per heavy atom. The van der Waals surface area contributed by atoms with Gasteiger partial charge < -0.3 is 0 Å². The Hall–Kier alpha value is -0.520. The average Bonchev–Trinajstić information content (AvgIpc) is 2.46. The second-order valence-corrected chi connectivity index (χ2v) is 7.81. The molecule has 0 spiro atoms. The zero-order valence-corrected chi connectivity index (χ0v) is 11.5. The van der Waals surface area contributed by atoms with Crippen molar-refractivity contribution in [3.8, 4) is 0 Å². The summed E-state index contributed by atoms with van der Waals surface area (Å²) in [7, 11) is 0. The van der Waals surface area contributed by atoms with Gasteiger partial charge in [-0.05, 0) is 35.5 Å². The van der Waals surface area contributed by atoms with Gasteiger partial charge in [-0.25, -0.2) is 0 Å². The highest BCUT2D eigenvalue weighted by atomic mass is 14.5. The summed E-state index contributed by atoms with van der Waals surface area (Å²) < 4.78 is 0. The monoisotopic (exact) mass is 218 g/mol. The molecule has 1 saturated carbocycles. The van der Waals surface area contributed by atoms with Crippen LogP contribution in [0.1, 0.15) is 53.9 Å². The molecular formula is C16H26. The van der Waals surface area contributed by atoms with Crippen molar-refractivity contribution in [2.75, 3.05) is 0 Å². The molecule has 2 rings (SSSR count). The Morgan fingerprint density at radius 2 is 1.19 bits per heavy atom. The molecule has 0 saturated heterocycles. The lowest BCUT2D eigenvalue weighted by atomic mass is 9.52. The summed E-state index contributed by atoms with van der Waals surface area (Å²) in [6.07, 6.45) is 13.3. The smallest absolute Gasteiger partial charge is 0.000704 e. The fourth-order valence-electron chi connectivity index (χ4n) is 4.80. The third-order valence-corrected chi connectivity index (χ3v) is 4.27. The Morgan fingerprint density at radius 3 is 1.62 bits per heavy atom. The second-order valence-electron chi connectivity index (χ2n) is 7.81. The predicted octanol–water partition coefficient (Wildman–Crippen LogP) is 4.97. The summed E-state index contributed by atoms with van der Waals surface area (Å²) in [5.74, 6) is 0.659. The van der Waals surface area contributed by atoms with E-state index >= 15 is 0 Å². The fraction of sp³-hybridized carbons (Fsp3) is 0.750. The van der Waals surface area contributed by atoms with Crippen LogP contribution in [0.15, 0.2) is 24.3 Å². The first-order valence-corrected chi connectivity index (χ1v) is 6.58. The first-order valence-electron chi connectivity index (χ1n) is 6.58. The normalized spacial score (nSPS) is 30.8. The van der Waals surface area contributed by atoms with Crippen molar-refractivity contribution in [2.24, 2.45) is 22.2 Å². The van der Waals surface area contributed by atoms with E-state index in [1.165, 1.54) is 19.3 Å². The molecule has 0 aliphatic heterocycles. The van der Waals surface area contributed by atoms with Gasteiger partial charge in [-0.1, -0.05) is 58.9 Å². The van der Waals surface area contributed by atoms with Crippen molar-refractivity contribution in [1.82, 2.24) is 0 Å². The van der Waals surface area contributed by atoms with Crippen LogP contribution < -0.4 is 0 Å². The standard InChI is InChI=1S/C16H26/c1-14(2)10-15(3,4)12-16(5,11-14)13-8-6-7-9-13/h6-9,13H,10-12H2,1-5H3. The van der Waals surface area contributed by atoms with Gasteiger partial charge >= 0.3 is 0 Å². The van der Waals surface area contributed by atoms with Crippen LogP contribution in [0.3, 0.4) is 0 Å². The van der Waals surface area contributed by atoms with Gasteiger partial charge in [0.15, 0.2) is 0 Å². The van der Waals surface area contributed by atoms with Gasteiger partial charge in [-0.3, -0.25) is 0 Å². The number of hydrogen-bond donors (Lipinski definition) is 0. The minimum absolute atomic E-state index is 0.453. The average molecular weight is 218 g/mol. The van der Waals surface area contributed by atoms with E-state index in [-0.39, 0.29) is 0 Å². The van der Waals surface area contributed by atoms with Crippen LogP contribution >= 0.6 is 0 Å². The lowest BCUT2D eigenvalue weighted by molar-refractivity contribution is -0.00573. The van der Waals surface area contributed by atoms with Gasteiger partial charge in [0.1, 0.15) is 0 Å². The van der Waals surface area contributed by atoms with Gasteiger partial charge in [-0.15, -0.1) is 0 Å². The third kappa shape index (κ3) is 2.26. The molecule has 0 heterocycles. The zero-order chi connectivity index (χ0) is 12.0. The molecule has 0 atom stereocenters. The lowest BCUT2D eigenvalue weighted by Crippen LogP contribution is -2.42. The molecule has 1 fully saturated rings. The summed E-state index contributed by atoms with van der Waals surface area (Å²) in [6.45, 7) is 12.2. The van der Waals surface area contributed by atoms with Crippen LogP contribution in [-0.2, 0) is 0 Å². The first-order chi connectivity index (χ1) is 7.23. The van der Waals surface area contributed by atoms with Gasteiger partial charge in [0.25, 0.3) is 0 Å². The number of allylic oxidation sites excluding steroid dienone is 4. The molecule has 0 aromatic heterocycles. The van der Waals surface area contributed by atoms with E-state index in [9.17, 15) is 0 Å². The zero-order valence-electron chi connectivity index (χ0n) is 11.5. The van der Waals surface area contributed by atoms with E-state index in [2.05, 4.69) is 58.9 Å². The third-order valence-electron chi connectivity index (χ3n) is 4.27. The van der Waals surface area contributed by atoms with E-state index in [1.807, 2.05) is 0 Å². The maximum absolute atomic E-state index is 2.49. The highest BCUT2D eigenvalue weighted by Gasteiger charge is 2.47.